The third-order valence-electron chi connectivity index (χ3n) is 4.98. The second-order valence-electron chi connectivity index (χ2n) is 7.19. The average Bonchev–Trinajstić information content (AvgIpc) is 3.44. The van der Waals surface area contributed by atoms with Gasteiger partial charge in [-0.2, -0.15) is 0 Å². The van der Waals surface area contributed by atoms with Crippen molar-refractivity contribution in [1.82, 2.24) is 9.38 Å². The topological polar surface area (TPSA) is 46.4 Å². The van der Waals surface area contributed by atoms with E-state index in [1.54, 1.807) is 11.3 Å². The quantitative estimate of drug-likeness (QED) is 0.379. The van der Waals surface area contributed by atoms with Crippen LogP contribution in [0.5, 0.6) is 0 Å². The van der Waals surface area contributed by atoms with Crippen molar-refractivity contribution in [3.8, 4) is 21.7 Å². The van der Waals surface area contributed by atoms with Gasteiger partial charge in [0.25, 0.3) is 5.91 Å². The predicted octanol–water partition coefficient (Wildman–Crippen LogP) is 6.29. The van der Waals surface area contributed by atoms with E-state index in [-0.39, 0.29) is 5.91 Å². The lowest BCUT2D eigenvalue weighted by molar-refractivity contribution is 0.102. The van der Waals surface area contributed by atoms with Crippen LogP contribution in [-0.2, 0) is 0 Å². The van der Waals surface area contributed by atoms with E-state index in [1.807, 2.05) is 76.8 Å². The first-order valence-electron chi connectivity index (χ1n) is 9.67. The number of aromatic nitrogens is 2. The van der Waals surface area contributed by atoms with E-state index in [1.165, 1.54) is 10.4 Å². The van der Waals surface area contributed by atoms with Crippen molar-refractivity contribution in [1.29, 1.82) is 0 Å². The molecule has 0 atom stereocenters. The second-order valence-corrected chi connectivity index (χ2v) is 8.13. The summed E-state index contributed by atoms with van der Waals surface area (Å²) >= 11 is 1.69. The van der Waals surface area contributed by atoms with Gasteiger partial charge in [-0.15, -0.1) is 11.3 Å². The van der Waals surface area contributed by atoms with Crippen LogP contribution in [0.4, 0.5) is 5.69 Å². The maximum Gasteiger partial charge on any atom is 0.255 e. The Bertz CT molecular complexity index is 1330. The van der Waals surface area contributed by atoms with Gasteiger partial charge in [-0.3, -0.25) is 4.79 Å². The summed E-state index contributed by atoms with van der Waals surface area (Å²) in [4.78, 5) is 18.6. The Morgan fingerprint density at radius 3 is 2.63 bits per heavy atom. The molecule has 30 heavy (non-hydrogen) atoms. The molecule has 0 aliphatic carbocycles. The number of rotatable bonds is 4. The lowest BCUT2D eigenvalue weighted by Gasteiger charge is -2.07. The van der Waals surface area contributed by atoms with E-state index in [2.05, 4.69) is 30.4 Å². The highest BCUT2D eigenvalue weighted by Gasteiger charge is 2.09. The lowest BCUT2D eigenvalue weighted by atomic mass is 10.1. The fourth-order valence-corrected chi connectivity index (χ4v) is 4.14. The zero-order valence-electron chi connectivity index (χ0n) is 16.4. The molecule has 5 heteroatoms. The lowest BCUT2D eigenvalue weighted by Crippen LogP contribution is -2.11. The van der Waals surface area contributed by atoms with Gasteiger partial charge >= 0.3 is 0 Å². The Labute approximate surface area is 178 Å². The largest absolute Gasteiger partial charge is 0.322 e. The summed E-state index contributed by atoms with van der Waals surface area (Å²) in [6.07, 6.45) is 4.01. The number of imidazole rings is 1. The molecule has 0 radical (unpaired) electrons. The van der Waals surface area contributed by atoms with Gasteiger partial charge < -0.3 is 9.72 Å². The van der Waals surface area contributed by atoms with Crippen molar-refractivity contribution in [2.24, 2.45) is 0 Å². The summed E-state index contributed by atoms with van der Waals surface area (Å²) < 4.78 is 2.00. The van der Waals surface area contributed by atoms with Crippen LogP contribution in [-0.4, -0.2) is 15.3 Å². The third-order valence-corrected chi connectivity index (χ3v) is 5.90. The zero-order valence-corrected chi connectivity index (χ0v) is 17.2. The van der Waals surface area contributed by atoms with Crippen LogP contribution in [0.15, 0.2) is 90.6 Å². The molecule has 0 unspecified atom stereocenters. The number of thiophene rings is 1. The van der Waals surface area contributed by atoms with Crippen LogP contribution in [0.1, 0.15) is 15.9 Å². The van der Waals surface area contributed by atoms with Crippen LogP contribution >= 0.6 is 11.3 Å². The van der Waals surface area contributed by atoms with E-state index in [4.69, 9.17) is 4.98 Å². The molecule has 5 rings (SSSR count). The first-order chi connectivity index (χ1) is 14.7. The molecule has 0 saturated heterocycles. The van der Waals surface area contributed by atoms with Gasteiger partial charge in [0, 0.05) is 34.1 Å². The molecule has 5 aromatic rings. The molecule has 3 aromatic heterocycles. The van der Waals surface area contributed by atoms with Crippen LogP contribution in [0.3, 0.4) is 0 Å². The molecule has 1 N–H and O–H groups in total. The van der Waals surface area contributed by atoms with E-state index < -0.39 is 0 Å². The highest BCUT2D eigenvalue weighted by atomic mass is 32.1. The van der Waals surface area contributed by atoms with Crippen LogP contribution in [0, 0.1) is 6.92 Å². The van der Waals surface area contributed by atoms with Crippen LogP contribution in [0.2, 0.25) is 0 Å². The Hall–Kier alpha value is -3.70. The van der Waals surface area contributed by atoms with Crippen molar-refractivity contribution in [2.75, 3.05) is 5.32 Å². The van der Waals surface area contributed by atoms with Crippen molar-refractivity contribution < 1.29 is 4.79 Å². The maximum atomic E-state index is 12.7. The molecule has 146 valence electrons. The van der Waals surface area contributed by atoms with Gasteiger partial charge in [-0.25, -0.2) is 4.98 Å². The number of hydrogen-bond donors (Lipinski definition) is 1. The number of carbonyl (C=O) groups excluding carboxylic acids is 1. The van der Waals surface area contributed by atoms with E-state index >= 15 is 0 Å². The molecule has 0 aliphatic rings. The van der Waals surface area contributed by atoms with Crippen LogP contribution < -0.4 is 5.32 Å². The second kappa shape index (κ2) is 7.61. The number of hydrogen-bond acceptors (Lipinski definition) is 3. The Kier molecular flexibility index (Phi) is 4.65. The highest BCUT2D eigenvalue weighted by molar-refractivity contribution is 7.13. The number of carbonyl (C=O) groups is 1. The number of nitrogens with one attached hydrogen (secondary N) is 1. The SMILES string of the molecule is Cc1ccn2cc(-c3cccc(NC(=O)c4ccc(-c5cccs5)cc4)c3)nc2c1. The number of amides is 1. The number of pyridine rings is 1. The van der Waals surface area contributed by atoms with Gasteiger partial charge in [0.15, 0.2) is 0 Å². The summed E-state index contributed by atoms with van der Waals surface area (Å²) in [6.45, 7) is 2.05. The fraction of sp³-hybridized carbons (Fsp3) is 0.0400. The number of fused-ring (bicyclic) bond motifs is 1. The van der Waals surface area contributed by atoms with E-state index in [0.717, 1.165) is 28.2 Å². The standard InChI is InChI=1S/C25H19N3OS/c1-17-11-12-28-16-22(27-24(28)14-17)20-4-2-5-21(15-20)26-25(29)19-9-7-18(8-10-19)23-6-3-13-30-23/h2-16H,1H3,(H,26,29). The van der Waals surface area contributed by atoms with Crippen molar-refractivity contribution in [2.45, 2.75) is 6.92 Å². The summed E-state index contributed by atoms with van der Waals surface area (Å²) in [7, 11) is 0. The Balaban J connectivity index is 1.36. The number of aryl methyl sites for hydroxylation is 1. The summed E-state index contributed by atoms with van der Waals surface area (Å²) in [5.74, 6) is -0.129. The maximum absolute atomic E-state index is 12.7. The molecule has 0 fully saturated rings. The minimum Gasteiger partial charge on any atom is -0.322 e. The van der Waals surface area contributed by atoms with Gasteiger partial charge in [0.05, 0.1) is 5.69 Å². The summed E-state index contributed by atoms with van der Waals surface area (Å²) in [6, 6.07) is 23.7. The van der Waals surface area contributed by atoms with Crippen molar-refractivity contribution in [3.63, 3.8) is 0 Å². The molecular weight excluding hydrogens is 390 g/mol. The van der Waals surface area contributed by atoms with Crippen LogP contribution in [0.25, 0.3) is 27.3 Å². The minimum atomic E-state index is -0.129. The summed E-state index contributed by atoms with van der Waals surface area (Å²) in [5, 5.41) is 5.04. The third kappa shape index (κ3) is 3.63. The monoisotopic (exact) mass is 409 g/mol. The first-order valence-corrected chi connectivity index (χ1v) is 10.5. The molecule has 1 amide bonds. The molecule has 4 nitrogen and oxygen atoms in total. The normalized spacial score (nSPS) is 11.0. The molecule has 3 heterocycles. The van der Waals surface area contributed by atoms with Crippen molar-refractivity contribution in [3.05, 3.63) is 102 Å². The Morgan fingerprint density at radius 1 is 0.967 bits per heavy atom. The summed E-state index contributed by atoms with van der Waals surface area (Å²) in [5.41, 5.74) is 6.40. The van der Waals surface area contributed by atoms with E-state index in [9.17, 15) is 4.79 Å². The first kappa shape index (κ1) is 18.3. The molecule has 0 aliphatic heterocycles. The molecule has 0 saturated carbocycles. The van der Waals surface area contributed by atoms with Gasteiger partial charge in [0.1, 0.15) is 5.65 Å². The number of benzene rings is 2. The molecule has 0 spiro atoms. The predicted molar refractivity (Wildman–Crippen MR) is 123 cm³/mol. The van der Waals surface area contributed by atoms with Crippen molar-refractivity contribution >= 4 is 28.6 Å². The zero-order chi connectivity index (χ0) is 20.5. The molecule has 0 bridgehead atoms. The van der Waals surface area contributed by atoms with E-state index in [0.29, 0.717) is 5.56 Å². The number of nitrogens with zero attached hydrogens (tertiary/aromatic N) is 2. The van der Waals surface area contributed by atoms with Gasteiger partial charge in [-0.05, 0) is 65.9 Å². The average molecular weight is 410 g/mol. The Morgan fingerprint density at radius 2 is 1.83 bits per heavy atom. The molecule has 2 aromatic carbocycles. The van der Waals surface area contributed by atoms with Gasteiger partial charge in [-0.1, -0.05) is 30.3 Å². The smallest absolute Gasteiger partial charge is 0.255 e. The van der Waals surface area contributed by atoms with Gasteiger partial charge in [0.2, 0.25) is 0 Å². The minimum absolute atomic E-state index is 0.129. The number of anilines is 1. The fourth-order valence-electron chi connectivity index (χ4n) is 3.41. The molecular formula is C25H19N3OS. The highest BCUT2D eigenvalue weighted by Crippen LogP contribution is 2.26.